The van der Waals surface area contributed by atoms with Gasteiger partial charge in [0.1, 0.15) is 0 Å². The molecule has 1 unspecified atom stereocenters. The molecule has 0 aromatic heterocycles. The summed E-state index contributed by atoms with van der Waals surface area (Å²) in [4.78, 5) is 24.8. The summed E-state index contributed by atoms with van der Waals surface area (Å²) in [6.45, 7) is 7.86. The van der Waals surface area contributed by atoms with Crippen LogP contribution in [0.25, 0.3) is 0 Å². The van der Waals surface area contributed by atoms with Crippen molar-refractivity contribution in [2.24, 2.45) is 11.1 Å². The Morgan fingerprint density at radius 1 is 1.33 bits per heavy atom. The zero-order valence-electron chi connectivity index (χ0n) is 11.4. The molecular weight excluding hydrogens is 236 g/mol. The molecule has 0 bridgehead atoms. The SMILES string of the molecule is CC(C)(N)C(C)(C)C(=O)N1CCOC(C(=O)O)C1. The van der Waals surface area contributed by atoms with Crippen LogP contribution in [0.3, 0.4) is 0 Å². The number of hydrogen-bond donors (Lipinski definition) is 2. The second kappa shape index (κ2) is 4.85. The summed E-state index contributed by atoms with van der Waals surface area (Å²) in [6.07, 6.45) is -0.945. The number of nitrogens with zero attached hydrogens (tertiary/aromatic N) is 1. The molecule has 6 heteroatoms. The fraction of sp³-hybridized carbons (Fsp3) is 0.833. The van der Waals surface area contributed by atoms with Gasteiger partial charge in [-0.05, 0) is 27.7 Å². The first-order valence-electron chi connectivity index (χ1n) is 6.00. The van der Waals surface area contributed by atoms with Crippen molar-refractivity contribution in [2.45, 2.75) is 39.3 Å². The van der Waals surface area contributed by atoms with E-state index < -0.39 is 23.0 Å². The van der Waals surface area contributed by atoms with Crippen LogP contribution in [0.2, 0.25) is 0 Å². The Kier molecular flexibility index (Phi) is 4.02. The molecule has 104 valence electrons. The second-order valence-electron chi connectivity index (χ2n) is 5.80. The molecule has 0 aromatic carbocycles. The van der Waals surface area contributed by atoms with Gasteiger partial charge in [0.15, 0.2) is 6.10 Å². The van der Waals surface area contributed by atoms with Gasteiger partial charge in [0.2, 0.25) is 5.91 Å². The van der Waals surface area contributed by atoms with Crippen molar-refractivity contribution in [2.75, 3.05) is 19.7 Å². The molecular formula is C12H22N2O4. The van der Waals surface area contributed by atoms with Crippen molar-refractivity contribution in [3.05, 3.63) is 0 Å². The topological polar surface area (TPSA) is 92.9 Å². The minimum Gasteiger partial charge on any atom is -0.479 e. The molecule has 1 saturated heterocycles. The molecule has 1 aliphatic heterocycles. The smallest absolute Gasteiger partial charge is 0.334 e. The zero-order chi connectivity index (χ0) is 14.1. The number of carbonyl (C=O) groups is 2. The highest BCUT2D eigenvalue weighted by Crippen LogP contribution is 2.31. The number of amides is 1. The van der Waals surface area contributed by atoms with Crippen LogP contribution in [0, 0.1) is 5.41 Å². The summed E-state index contributed by atoms with van der Waals surface area (Å²) in [5, 5.41) is 8.91. The first kappa shape index (κ1) is 14.9. The molecule has 1 heterocycles. The minimum atomic E-state index is -1.04. The summed E-state index contributed by atoms with van der Waals surface area (Å²) in [7, 11) is 0. The summed E-state index contributed by atoms with van der Waals surface area (Å²) in [6, 6.07) is 0. The summed E-state index contributed by atoms with van der Waals surface area (Å²) in [5.74, 6) is -1.18. The third-order valence-corrected chi connectivity index (χ3v) is 3.77. The lowest BCUT2D eigenvalue weighted by Gasteiger charge is -2.42. The van der Waals surface area contributed by atoms with Crippen molar-refractivity contribution in [3.8, 4) is 0 Å². The van der Waals surface area contributed by atoms with Crippen molar-refractivity contribution >= 4 is 11.9 Å². The van der Waals surface area contributed by atoms with Gasteiger partial charge in [-0.2, -0.15) is 0 Å². The Hall–Kier alpha value is -1.14. The lowest BCUT2D eigenvalue weighted by Crippen LogP contribution is -2.59. The molecule has 3 N–H and O–H groups in total. The molecule has 1 atom stereocenters. The van der Waals surface area contributed by atoms with E-state index in [9.17, 15) is 9.59 Å². The number of ether oxygens (including phenoxy) is 1. The zero-order valence-corrected chi connectivity index (χ0v) is 11.4. The fourth-order valence-corrected chi connectivity index (χ4v) is 1.65. The third-order valence-electron chi connectivity index (χ3n) is 3.77. The molecule has 1 amide bonds. The number of hydrogen-bond acceptors (Lipinski definition) is 4. The molecule has 1 fully saturated rings. The first-order valence-corrected chi connectivity index (χ1v) is 6.00. The van der Waals surface area contributed by atoms with Crippen molar-refractivity contribution in [3.63, 3.8) is 0 Å². The maximum atomic E-state index is 12.4. The summed E-state index contributed by atoms with van der Waals surface area (Å²) in [5.41, 5.74) is 4.58. The molecule has 0 aromatic rings. The van der Waals surface area contributed by atoms with Crippen LogP contribution >= 0.6 is 0 Å². The van der Waals surface area contributed by atoms with E-state index in [1.807, 2.05) is 0 Å². The highest BCUT2D eigenvalue weighted by Gasteiger charge is 2.44. The maximum absolute atomic E-state index is 12.4. The van der Waals surface area contributed by atoms with Crippen LogP contribution in [0.1, 0.15) is 27.7 Å². The number of carbonyl (C=O) groups excluding carboxylic acids is 1. The summed E-state index contributed by atoms with van der Waals surface area (Å²) >= 11 is 0. The van der Waals surface area contributed by atoms with Gasteiger partial charge >= 0.3 is 5.97 Å². The van der Waals surface area contributed by atoms with Crippen LogP contribution in [0.4, 0.5) is 0 Å². The fourth-order valence-electron chi connectivity index (χ4n) is 1.65. The highest BCUT2D eigenvalue weighted by molar-refractivity contribution is 5.84. The van der Waals surface area contributed by atoms with E-state index in [-0.39, 0.29) is 19.1 Å². The van der Waals surface area contributed by atoms with Gasteiger partial charge in [-0.15, -0.1) is 0 Å². The summed E-state index contributed by atoms with van der Waals surface area (Å²) < 4.78 is 5.09. The van der Waals surface area contributed by atoms with Crippen LogP contribution in [-0.2, 0) is 14.3 Å². The Bertz CT molecular complexity index is 346. The van der Waals surface area contributed by atoms with Crippen molar-refractivity contribution < 1.29 is 19.4 Å². The van der Waals surface area contributed by atoms with Crippen LogP contribution in [-0.4, -0.2) is 53.2 Å². The molecule has 0 saturated carbocycles. The molecule has 6 nitrogen and oxygen atoms in total. The number of carboxylic acids is 1. The van der Waals surface area contributed by atoms with E-state index >= 15 is 0 Å². The van der Waals surface area contributed by atoms with Gasteiger partial charge in [0.25, 0.3) is 0 Å². The van der Waals surface area contributed by atoms with E-state index in [0.29, 0.717) is 6.54 Å². The first-order chi connectivity index (χ1) is 8.07. The van der Waals surface area contributed by atoms with Gasteiger partial charge in [-0.1, -0.05) is 0 Å². The quantitative estimate of drug-likeness (QED) is 0.747. The van der Waals surface area contributed by atoms with Gasteiger partial charge < -0.3 is 20.5 Å². The molecule has 1 rings (SSSR count). The monoisotopic (exact) mass is 258 g/mol. The molecule has 18 heavy (non-hydrogen) atoms. The Labute approximate surface area is 107 Å². The highest BCUT2D eigenvalue weighted by atomic mass is 16.5. The van der Waals surface area contributed by atoms with Crippen LogP contribution in [0.15, 0.2) is 0 Å². The third kappa shape index (κ3) is 2.81. The Morgan fingerprint density at radius 2 is 1.89 bits per heavy atom. The average Bonchev–Trinajstić information content (AvgIpc) is 2.26. The predicted octanol–water partition coefficient (Wildman–Crippen LogP) is 0.0619. The van der Waals surface area contributed by atoms with E-state index in [0.717, 1.165) is 0 Å². The largest absolute Gasteiger partial charge is 0.479 e. The van der Waals surface area contributed by atoms with Gasteiger partial charge in [-0.25, -0.2) is 4.79 Å². The van der Waals surface area contributed by atoms with Crippen molar-refractivity contribution in [1.82, 2.24) is 4.90 Å². The Morgan fingerprint density at radius 3 is 2.33 bits per heavy atom. The number of aliphatic carboxylic acids is 1. The standard InChI is InChI=1S/C12H22N2O4/c1-11(2,12(3,4)13)10(17)14-5-6-18-8(7-14)9(15)16/h8H,5-7,13H2,1-4H3,(H,15,16). The minimum absolute atomic E-state index is 0.0771. The number of carboxylic acid groups (broad SMARTS) is 1. The van der Waals surface area contributed by atoms with Gasteiger partial charge in [-0.3, -0.25) is 4.79 Å². The average molecular weight is 258 g/mol. The predicted molar refractivity (Wildman–Crippen MR) is 66.0 cm³/mol. The van der Waals surface area contributed by atoms with E-state index in [4.69, 9.17) is 15.6 Å². The van der Waals surface area contributed by atoms with E-state index in [2.05, 4.69) is 0 Å². The maximum Gasteiger partial charge on any atom is 0.334 e. The van der Waals surface area contributed by atoms with E-state index in [1.54, 1.807) is 27.7 Å². The number of morpholine rings is 1. The molecule has 1 aliphatic rings. The number of nitrogens with two attached hydrogens (primary N) is 1. The molecule has 0 spiro atoms. The molecule has 0 radical (unpaired) electrons. The van der Waals surface area contributed by atoms with Crippen LogP contribution < -0.4 is 5.73 Å². The van der Waals surface area contributed by atoms with Gasteiger partial charge in [0, 0.05) is 12.1 Å². The normalized spacial score (nSPS) is 21.8. The number of rotatable bonds is 3. The second-order valence-corrected chi connectivity index (χ2v) is 5.80. The van der Waals surface area contributed by atoms with Crippen LogP contribution in [0.5, 0.6) is 0 Å². The lowest BCUT2D eigenvalue weighted by atomic mass is 9.74. The van der Waals surface area contributed by atoms with Crippen molar-refractivity contribution in [1.29, 1.82) is 0 Å². The van der Waals surface area contributed by atoms with E-state index in [1.165, 1.54) is 4.90 Å². The molecule has 0 aliphatic carbocycles. The van der Waals surface area contributed by atoms with Gasteiger partial charge in [0.05, 0.1) is 18.6 Å². The lowest BCUT2D eigenvalue weighted by molar-refractivity contribution is -0.163. The Balaban J connectivity index is 2.82.